The normalized spacial score (nSPS) is 12.9. The molecule has 1 aromatic carbocycles. The first-order valence-electron chi connectivity index (χ1n) is 6.41. The molecule has 17 heavy (non-hydrogen) atoms. The van der Waals surface area contributed by atoms with Gasteiger partial charge in [-0.15, -0.1) is 0 Å². The molecule has 0 saturated carbocycles. The molecule has 0 unspecified atom stereocenters. The summed E-state index contributed by atoms with van der Waals surface area (Å²) in [7, 11) is 0. The maximum Gasteiger partial charge on any atom is 0.0712 e. The maximum atomic E-state index is 4.69. The average Bonchev–Trinajstić information content (AvgIpc) is 2.41. The van der Waals surface area contributed by atoms with Gasteiger partial charge in [-0.1, -0.05) is 38.1 Å². The highest BCUT2D eigenvalue weighted by Crippen LogP contribution is 2.27. The van der Waals surface area contributed by atoms with E-state index >= 15 is 0 Å². The summed E-state index contributed by atoms with van der Waals surface area (Å²) >= 11 is 0. The summed E-state index contributed by atoms with van der Waals surface area (Å²) in [5.74, 6) is 0. The molecule has 0 fully saturated rings. The predicted molar refractivity (Wildman–Crippen MR) is 75.2 cm³/mol. The van der Waals surface area contributed by atoms with Gasteiger partial charge in [-0.05, 0) is 43.0 Å². The lowest BCUT2D eigenvalue weighted by molar-refractivity contribution is 0.959. The molecule has 0 aliphatic heterocycles. The molecule has 1 heteroatoms. The molecule has 1 heterocycles. The van der Waals surface area contributed by atoms with Crippen molar-refractivity contribution in [1.29, 1.82) is 0 Å². The zero-order valence-corrected chi connectivity index (χ0v) is 10.8. The molecule has 0 spiro atoms. The quantitative estimate of drug-likeness (QED) is 0.642. The number of hydrogen-bond donors (Lipinski definition) is 0. The van der Waals surface area contributed by atoms with E-state index in [0.29, 0.717) is 0 Å². The largest absolute Gasteiger partial charge is 0.248 e. The van der Waals surface area contributed by atoms with Crippen LogP contribution in [-0.4, -0.2) is 4.98 Å². The third kappa shape index (κ3) is 2.10. The van der Waals surface area contributed by atoms with Gasteiger partial charge in [-0.3, -0.25) is 0 Å². The van der Waals surface area contributed by atoms with Crippen LogP contribution in [0.3, 0.4) is 0 Å². The number of benzene rings is 1. The summed E-state index contributed by atoms with van der Waals surface area (Å²) in [4.78, 5) is 4.69. The van der Waals surface area contributed by atoms with Crippen LogP contribution in [0, 0.1) is 6.92 Å². The van der Waals surface area contributed by atoms with Gasteiger partial charge in [-0.25, -0.2) is 4.98 Å². The van der Waals surface area contributed by atoms with Crippen molar-refractivity contribution in [2.75, 3.05) is 0 Å². The lowest BCUT2D eigenvalue weighted by Crippen LogP contribution is -2.01. The lowest BCUT2D eigenvalue weighted by Gasteiger charge is -2.14. The highest BCUT2D eigenvalue weighted by atomic mass is 14.7. The van der Waals surface area contributed by atoms with Gasteiger partial charge in [0.2, 0.25) is 0 Å². The SMILES string of the molecule is CC.Cc1c2c(nc3ccccc13)C=CCC2. The second-order valence-electron chi connectivity index (χ2n) is 4.06. The van der Waals surface area contributed by atoms with E-state index in [2.05, 4.69) is 42.3 Å². The van der Waals surface area contributed by atoms with E-state index in [1.165, 1.54) is 16.5 Å². The van der Waals surface area contributed by atoms with Crippen LogP contribution in [0.4, 0.5) is 0 Å². The average molecular weight is 225 g/mol. The molecule has 0 radical (unpaired) electrons. The molecular weight excluding hydrogens is 206 g/mol. The van der Waals surface area contributed by atoms with Crippen LogP contribution in [0.5, 0.6) is 0 Å². The number of aryl methyl sites for hydroxylation is 1. The standard InChI is InChI=1S/C14H13N.C2H6/c1-10-11-6-2-4-8-13(11)15-14-9-5-3-7-12(10)14;1-2/h2,4-6,8-9H,3,7H2,1H3;1-2H3. The number of hydrogen-bond acceptors (Lipinski definition) is 1. The number of fused-ring (bicyclic) bond motifs is 2. The van der Waals surface area contributed by atoms with E-state index in [0.717, 1.165) is 24.1 Å². The number of aromatic nitrogens is 1. The van der Waals surface area contributed by atoms with Crippen molar-refractivity contribution < 1.29 is 0 Å². The Morgan fingerprint density at radius 3 is 2.71 bits per heavy atom. The van der Waals surface area contributed by atoms with Gasteiger partial charge in [0.1, 0.15) is 0 Å². The fraction of sp³-hybridized carbons (Fsp3) is 0.312. The number of nitrogens with zero attached hydrogens (tertiary/aromatic N) is 1. The summed E-state index contributed by atoms with van der Waals surface area (Å²) in [5.41, 5.74) is 5.11. The number of para-hydroxylation sites is 1. The summed E-state index contributed by atoms with van der Waals surface area (Å²) < 4.78 is 0. The molecule has 88 valence electrons. The molecule has 0 atom stereocenters. The summed E-state index contributed by atoms with van der Waals surface area (Å²) in [6.07, 6.45) is 6.64. The van der Waals surface area contributed by atoms with Crippen LogP contribution in [0.25, 0.3) is 17.0 Å². The molecule has 0 bridgehead atoms. The van der Waals surface area contributed by atoms with Crippen molar-refractivity contribution in [3.63, 3.8) is 0 Å². The van der Waals surface area contributed by atoms with Gasteiger partial charge in [-0.2, -0.15) is 0 Å². The third-order valence-electron chi connectivity index (χ3n) is 3.15. The van der Waals surface area contributed by atoms with E-state index in [-0.39, 0.29) is 0 Å². The minimum absolute atomic E-state index is 1.11. The van der Waals surface area contributed by atoms with Gasteiger partial charge in [0, 0.05) is 5.39 Å². The highest BCUT2D eigenvalue weighted by Gasteiger charge is 2.11. The van der Waals surface area contributed by atoms with Crippen LogP contribution in [0.1, 0.15) is 37.1 Å². The second kappa shape index (κ2) is 5.13. The van der Waals surface area contributed by atoms with Gasteiger partial charge in [0.15, 0.2) is 0 Å². The molecule has 0 amide bonds. The Hall–Kier alpha value is -1.63. The Morgan fingerprint density at radius 2 is 1.88 bits per heavy atom. The molecule has 1 nitrogen and oxygen atoms in total. The maximum absolute atomic E-state index is 4.69. The first-order chi connectivity index (χ1) is 8.36. The summed E-state index contributed by atoms with van der Waals surface area (Å²) in [5, 5.41) is 1.30. The first kappa shape index (κ1) is 11.8. The minimum atomic E-state index is 1.11. The summed E-state index contributed by atoms with van der Waals surface area (Å²) in [6, 6.07) is 8.39. The predicted octanol–water partition coefficient (Wildman–Crippen LogP) is 4.53. The third-order valence-corrected chi connectivity index (χ3v) is 3.15. The zero-order valence-electron chi connectivity index (χ0n) is 10.8. The number of rotatable bonds is 0. The topological polar surface area (TPSA) is 12.9 Å². The number of allylic oxidation sites excluding steroid dienone is 1. The van der Waals surface area contributed by atoms with Crippen LogP contribution in [0.2, 0.25) is 0 Å². The smallest absolute Gasteiger partial charge is 0.0712 e. The Kier molecular flexibility index (Phi) is 3.58. The Labute approximate surface area is 103 Å². The second-order valence-corrected chi connectivity index (χ2v) is 4.06. The molecule has 2 aromatic rings. The monoisotopic (exact) mass is 225 g/mol. The fourth-order valence-corrected chi connectivity index (χ4v) is 2.32. The van der Waals surface area contributed by atoms with Gasteiger partial charge >= 0.3 is 0 Å². The number of pyridine rings is 1. The van der Waals surface area contributed by atoms with Crippen molar-refractivity contribution in [2.45, 2.75) is 33.6 Å². The van der Waals surface area contributed by atoms with Gasteiger partial charge in [0.25, 0.3) is 0 Å². The van der Waals surface area contributed by atoms with Gasteiger partial charge < -0.3 is 0 Å². The molecule has 1 aromatic heterocycles. The molecule has 1 aliphatic carbocycles. The lowest BCUT2D eigenvalue weighted by atomic mass is 9.94. The van der Waals surface area contributed by atoms with Crippen molar-refractivity contribution in [2.24, 2.45) is 0 Å². The highest BCUT2D eigenvalue weighted by molar-refractivity contribution is 5.85. The van der Waals surface area contributed by atoms with Crippen molar-refractivity contribution in [3.05, 3.63) is 47.2 Å². The molecule has 3 rings (SSSR count). The van der Waals surface area contributed by atoms with Gasteiger partial charge in [0.05, 0.1) is 11.2 Å². The van der Waals surface area contributed by atoms with Crippen LogP contribution in [0.15, 0.2) is 30.3 Å². The van der Waals surface area contributed by atoms with Crippen molar-refractivity contribution >= 4 is 17.0 Å². The Bertz CT molecular complexity index is 553. The van der Waals surface area contributed by atoms with E-state index in [1.54, 1.807) is 0 Å². The Balaban J connectivity index is 0.000000514. The van der Waals surface area contributed by atoms with E-state index in [4.69, 9.17) is 0 Å². The van der Waals surface area contributed by atoms with Crippen LogP contribution < -0.4 is 0 Å². The van der Waals surface area contributed by atoms with E-state index < -0.39 is 0 Å². The van der Waals surface area contributed by atoms with Crippen LogP contribution in [-0.2, 0) is 6.42 Å². The molecule has 1 aliphatic rings. The fourth-order valence-electron chi connectivity index (χ4n) is 2.32. The molecule has 0 saturated heterocycles. The molecular formula is C16H19N. The minimum Gasteiger partial charge on any atom is -0.248 e. The van der Waals surface area contributed by atoms with Crippen LogP contribution >= 0.6 is 0 Å². The first-order valence-corrected chi connectivity index (χ1v) is 6.41. The van der Waals surface area contributed by atoms with Crippen molar-refractivity contribution in [1.82, 2.24) is 4.98 Å². The van der Waals surface area contributed by atoms with E-state index in [9.17, 15) is 0 Å². The van der Waals surface area contributed by atoms with E-state index in [1.807, 2.05) is 19.9 Å². The summed E-state index contributed by atoms with van der Waals surface area (Å²) in [6.45, 7) is 6.21. The Morgan fingerprint density at radius 1 is 1.12 bits per heavy atom. The van der Waals surface area contributed by atoms with Crippen molar-refractivity contribution in [3.8, 4) is 0 Å². The zero-order chi connectivity index (χ0) is 12.3. The molecule has 0 N–H and O–H groups in total.